The monoisotopic (exact) mass is 356 g/mol. The topological polar surface area (TPSA) is 68.9 Å². The van der Waals surface area contributed by atoms with Gasteiger partial charge >= 0.3 is 5.97 Å². The summed E-state index contributed by atoms with van der Waals surface area (Å²) in [6.45, 7) is 2.03. The summed E-state index contributed by atoms with van der Waals surface area (Å²) in [4.78, 5) is 11.6. The maximum absolute atomic E-state index is 11.6. The molecule has 0 saturated carbocycles. The van der Waals surface area contributed by atoms with E-state index in [-0.39, 0.29) is 13.2 Å². The van der Waals surface area contributed by atoms with Crippen molar-refractivity contribution in [2.24, 2.45) is 0 Å². The van der Waals surface area contributed by atoms with Crippen molar-refractivity contribution in [3.05, 3.63) is 28.4 Å². The minimum absolute atomic E-state index is 0.195. The predicted octanol–water partition coefficient (Wildman–Crippen LogP) is 3.41. The minimum Gasteiger partial charge on any atom is -0.481 e. The molecule has 1 N–H and O–H groups in total. The lowest BCUT2D eigenvalue weighted by Crippen LogP contribution is -2.16. The standard InChI is InChI=1S/C15H17BrO5/c1-2-3-5-19-13(18)9-21-14-10(8-17)7-12(16)15-11(14)4-6-20-15/h4,6-7,17H,2-3,5,8-9H2,1H3. The van der Waals surface area contributed by atoms with Gasteiger partial charge in [0.05, 0.1) is 29.3 Å². The molecule has 0 amide bonds. The van der Waals surface area contributed by atoms with Gasteiger partial charge in [-0.3, -0.25) is 0 Å². The van der Waals surface area contributed by atoms with E-state index in [4.69, 9.17) is 13.9 Å². The third-order valence-corrected chi connectivity index (χ3v) is 3.57. The zero-order chi connectivity index (χ0) is 15.2. The second-order valence-electron chi connectivity index (χ2n) is 4.53. The number of carbonyl (C=O) groups is 1. The van der Waals surface area contributed by atoms with E-state index in [1.807, 2.05) is 6.92 Å². The van der Waals surface area contributed by atoms with Crippen LogP contribution in [-0.2, 0) is 16.1 Å². The average molecular weight is 357 g/mol. The van der Waals surface area contributed by atoms with Crippen molar-refractivity contribution in [2.45, 2.75) is 26.4 Å². The second-order valence-corrected chi connectivity index (χ2v) is 5.39. The molecule has 0 saturated heterocycles. The molecule has 21 heavy (non-hydrogen) atoms. The Balaban J connectivity index is 2.12. The first kappa shape index (κ1) is 15.9. The molecular formula is C15H17BrO5. The molecule has 0 aliphatic heterocycles. The molecule has 1 aromatic carbocycles. The van der Waals surface area contributed by atoms with Crippen LogP contribution in [0.3, 0.4) is 0 Å². The summed E-state index contributed by atoms with van der Waals surface area (Å²) >= 11 is 3.37. The van der Waals surface area contributed by atoms with Gasteiger partial charge in [0.1, 0.15) is 5.75 Å². The Kier molecular flexibility index (Phi) is 5.64. The molecule has 0 spiro atoms. The fourth-order valence-corrected chi connectivity index (χ4v) is 2.50. The molecule has 2 aromatic rings. The maximum atomic E-state index is 11.6. The van der Waals surface area contributed by atoms with Gasteiger partial charge in [-0.15, -0.1) is 0 Å². The van der Waals surface area contributed by atoms with E-state index in [0.29, 0.717) is 28.9 Å². The van der Waals surface area contributed by atoms with Crippen LogP contribution in [0.15, 0.2) is 27.3 Å². The highest BCUT2D eigenvalue weighted by Crippen LogP contribution is 2.36. The molecule has 6 heteroatoms. The first-order valence-corrected chi connectivity index (χ1v) is 7.54. The van der Waals surface area contributed by atoms with E-state index < -0.39 is 5.97 Å². The lowest BCUT2D eigenvalue weighted by atomic mass is 10.1. The van der Waals surface area contributed by atoms with Crippen molar-refractivity contribution in [1.82, 2.24) is 0 Å². The molecule has 0 radical (unpaired) electrons. The van der Waals surface area contributed by atoms with Gasteiger partial charge in [-0.25, -0.2) is 4.79 Å². The van der Waals surface area contributed by atoms with Gasteiger partial charge in [-0.1, -0.05) is 13.3 Å². The summed E-state index contributed by atoms with van der Waals surface area (Å²) in [6, 6.07) is 3.45. The Morgan fingerprint density at radius 3 is 3.00 bits per heavy atom. The quantitative estimate of drug-likeness (QED) is 0.608. The maximum Gasteiger partial charge on any atom is 0.344 e. The van der Waals surface area contributed by atoms with Gasteiger partial charge in [0.2, 0.25) is 0 Å². The van der Waals surface area contributed by atoms with Crippen molar-refractivity contribution in [3.8, 4) is 5.75 Å². The van der Waals surface area contributed by atoms with Gasteiger partial charge in [-0.2, -0.15) is 0 Å². The third kappa shape index (κ3) is 3.77. The van der Waals surface area contributed by atoms with Crippen molar-refractivity contribution in [2.75, 3.05) is 13.2 Å². The Bertz CT molecular complexity index is 620. The van der Waals surface area contributed by atoms with Crippen molar-refractivity contribution >= 4 is 32.9 Å². The Morgan fingerprint density at radius 1 is 1.48 bits per heavy atom. The summed E-state index contributed by atoms with van der Waals surface area (Å²) < 4.78 is 16.6. The predicted molar refractivity (Wildman–Crippen MR) is 81.2 cm³/mol. The number of halogens is 1. The van der Waals surface area contributed by atoms with E-state index in [1.165, 1.54) is 6.26 Å². The van der Waals surface area contributed by atoms with Crippen molar-refractivity contribution in [3.63, 3.8) is 0 Å². The molecule has 1 aromatic heterocycles. The largest absolute Gasteiger partial charge is 0.481 e. The van der Waals surface area contributed by atoms with Crippen LogP contribution in [0.25, 0.3) is 11.0 Å². The summed E-state index contributed by atoms with van der Waals surface area (Å²) in [5, 5.41) is 10.1. The lowest BCUT2D eigenvalue weighted by molar-refractivity contribution is -0.146. The fraction of sp³-hybridized carbons (Fsp3) is 0.400. The number of esters is 1. The zero-order valence-electron chi connectivity index (χ0n) is 11.7. The van der Waals surface area contributed by atoms with Crippen LogP contribution >= 0.6 is 15.9 Å². The summed E-state index contributed by atoms with van der Waals surface area (Å²) in [5.41, 5.74) is 1.19. The number of ether oxygens (including phenoxy) is 2. The van der Waals surface area contributed by atoms with Crippen LogP contribution in [0.1, 0.15) is 25.3 Å². The van der Waals surface area contributed by atoms with Gasteiger partial charge in [-0.05, 0) is 34.5 Å². The highest BCUT2D eigenvalue weighted by atomic mass is 79.9. The van der Waals surface area contributed by atoms with Crippen LogP contribution in [0, 0.1) is 0 Å². The highest BCUT2D eigenvalue weighted by Gasteiger charge is 2.16. The Hall–Kier alpha value is -1.53. The van der Waals surface area contributed by atoms with Gasteiger partial charge < -0.3 is 19.0 Å². The highest BCUT2D eigenvalue weighted by molar-refractivity contribution is 9.10. The van der Waals surface area contributed by atoms with E-state index in [0.717, 1.165) is 17.3 Å². The molecular weight excluding hydrogens is 340 g/mol. The number of hydrogen-bond acceptors (Lipinski definition) is 5. The smallest absolute Gasteiger partial charge is 0.344 e. The molecule has 0 fully saturated rings. The molecule has 1 heterocycles. The van der Waals surface area contributed by atoms with Crippen LogP contribution in [-0.4, -0.2) is 24.3 Å². The first-order chi connectivity index (χ1) is 10.2. The number of benzene rings is 1. The summed E-state index contributed by atoms with van der Waals surface area (Å²) in [7, 11) is 0. The Labute approximate surface area is 131 Å². The number of carbonyl (C=O) groups excluding carboxylic acids is 1. The zero-order valence-corrected chi connectivity index (χ0v) is 13.3. The van der Waals surface area contributed by atoms with E-state index >= 15 is 0 Å². The average Bonchev–Trinajstić information content (AvgIpc) is 2.96. The van der Waals surface area contributed by atoms with Crippen molar-refractivity contribution in [1.29, 1.82) is 0 Å². The number of fused-ring (bicyclic) bond motifs is 1. The van der Waals surface area contributed by atoms with Gasteiger partial charge in [0, 0.05) is 5.56 Å². The second kappa shape index (κ2) is 7.47. The fourth-order valence-electron chi connectivity index (χ4n) is 1.92. The number of hydrogen-bond donors (Lipinski definition) is 1. The molecule has 5 nitrogen and oxygen atoms in total. The number of unbranched alkanes of at least 4 members (excludes halogenated alkanes) is 1. The molecule has 114 valence electrons. The third-order valence-electron chi connectivity index (χ3n) is 2.99. The Morgan fingerprint density at radius 2 is 2.29 bits per heavy atom. The SMILES string of the molecule is CCCCOC(=O)COc1c(CO)cc(Br)c2occc12. The van der Waals surface area contributed by atoms with E-state index in [1.54, 1.807) is 12.1 Å². The van der Waals surface area contributed by atoms with Gasteiger partial charge in [0.25, 0.3) is 0 Å². The molecule has 0 atom stereocenters. The van der Waals surface area contributed by atoms with Crippen LogP contribution in [0.5, 0.6) is 5.75 Å². The van der Waals surface area contributed by atoms with Crippen molar-refractivity contribution < 1.29 is 23.8 Å². The number of aliphatic hydroxyl groups is 1. The summed E-state index contributed by atoms with van der Waals surface area (Å²) in [6.07, 6.45) is 3.33. The molecule has 2 rings (SSSR count). The minimum atomic E-state index is -0.424. The number of furan rings is 1. The lowest BCUT2D eigenvalue weighted by Gasteiger charge is -2.12. The summed E-state index contributed by atoms with van der Waals surface area (Å²) in [5.74, 6) is 0.0174. The molecule has 0 unspecified atom stereocenters. The molecule has 0 aliphatic carbocycles. The normalized spacial score (nSPS) is 10.8. The number of aliphatic hydroxyl groups excluding tert-OH is 1. The van der Waals surface area contributed by atoms with Crippen LogP contribution in [0.4, 0.5) is 0 Å². The van der Waals surface area contributed by atoms with Crippen LogP contribution < -0.4 is 4.74 Å². The van der Waals surface area contributed by atoms with Crippen LogP contribution in [0.2, 0.25) is 0 Å². The van der Waals surface area contributed by atoms with Gasteiger partial charge in [0.15, 0.2) is 12.2 Å². The molecule has 0 bridgehead atoms. The molecule has 0 aliphatic rings. The van der Waals surface area contributed by atoms with E-state index in [9.17, 15) is 9.90 Å². The number of rotatable bonds is 7. The van der Waals surface area contributed by atoms with E-state index in [2.05, 4.69) is 15.9 Å². The first-order valence-electron chi connectivity index (χ1n) is 6.75.